The molecule has 0 saturated heterocycles. The van der Waals surface area contributed by atoms with E-state index in [9.17, 15) is 4.39 Å². The van der Waals surface area contributed by atoms with Gasteiger partial charge in [0, 0.05) is 11.6 Å². The van der Waals surface area contributed by atoms with Crippen molar-refractivity contribution in [2.75, 3.05) is 5.32 Å². The van der Waals surface area contributed by atoms with Crippen molar-refractivity contribution in [2.24, 2.45) is 5.73 Å². The summed E-state index contributed by atoms with van der Waals surface area (Å²) in [4.78, 5) is 0.199. The highest BCUT2D eigenvalue weighted by Crippen LogP contribution is 2.29. The second kappa shape index (κ2) is 5.97. The van der Waals surface area contributed by atoms with Crippen molar-refractivity contribution in [3.05, 3.63) is 28.0 Å². The van der Waals surface area contributed by atoms with E-state index < -0.39 is 0 Å². The Balaban J connectivity index is 2.18. The van der Waals surface area contributed by atoms with Gasteiger partial charge in [0.05, 0.1) is 10.2 Å². The van der Waals surface area contributed by atoms with E-state index in [-0.39, 0.29) is 10.8 Å². The molecule has 2 rings (SSSR count). The molecule has 1 aliphatic carbocycles. The lowest BCUT2D eigenvalue weighted by Gasteiger charge is -2.24. The van der Waals surface area contributed by atoms with Gasteiger partial charge in [-0.05, 0) is 40.9 Å². The maximum absolute atomic E-state index is 14.2. The van der Waals surface area contributed by atoms with Gasteiger partial charge in [0.2, 0.25) is 0 Å². The molecule has 0 unspecified atom stereocenters. The van der Waals surface area contributed by atoms with Crippen molar-refractivity contribution in [1.82, 2.24) is 0 Å². The summed E-state index contributed by atoms with van der Waals surface area (Å²) in [7, 11) is 0. The number of nitrogens with one attached hydrogen (secondary N) is 1. The van der Waals surface area contributed by atoms with E-state index in [1.54, 1.807) is 12.1 Å². The number of rotatable bonds is 3. The van der Waals surface area contributed by atoms with E-state index in [1.165, 1.54) is 19.3 Å². The van der Waals surface area contributed by atoms with Gasteiger partial charge in [0.25, 0.3) is 0 Å². The van der Waals surface area contributed by atoms with Crippen LogP contribution in [0.1, 0.15) is 37.7 Å². The van der Waals surface area contributed by atoms with E-state index >= 15 is 0 Å². The van der Waals surface area contributed by atoms with Crippen molar-refractivity contribution in [1.29, 1.82) is 0 Å². The lowest BCUT2D eigenvalue weighted by Crippen LogP contribution is -2.23. The van der Waals surface area contributed by atoms with Gasteiger partial charge >= 0.3 is 0 Å². The zero-order chi connectivity index (χ0) is 13.1. The van der Waals surface area contributed by atoms with Crippen LogP contribution in [-0.4, -0.2) is 11.0 Å². The topological polar surface area (TPSA) is 38.0 Å². The quantitative estimate of drug-likeness (QED) is 0.823. The molecule has 0 amide bonds. The van der Waals surface area contributed by atoms with Crippen molar-refractivity contribution >= 4 is 38.8 Å². The van der Waals surface area contributed by atoms with Crippen LogP contribution in [0.25, 0.3) is 0 Å². The van der Waals surface area contributed by atoms with Crippen molar-refractivity contribution in [3.63, 3.8) is 0 Å². The van der Waals surface area contributed by atoms with Crippen LogP contribution in [0.15, 0.2) is 16.6 Å². The second-order valence-corrected chi connectivity index (χ2v) is 5.86. The van der Waals surface area contributed by atoms with Crippen LogP contribution in [0.4, 0.5) is 10.1 Å². The number of halogens is 2. The van der Waals surface area contributed by atoms with Crippen LogP contribution in [-0.2, 0) is 0 Å². The van der Waals surface area contributed by atoms with E-state index in [2.05, 4.69) is 21.2 Å². The smallest absolute Gasteiger partial charge is 0.161 e. The fourth-order valence-electron chi connectivity index (χ4n) is 2.32. The molecule has 0 atom stereocenters. The summed E-state index contributed by atoms with van der Waals surface area (Å²) >= 11 is 8.09. The predicted molar refractivity (Wildman–Crippen MR) is 80.5 cm³/mol. The summed E-state index contributed by atoms with van der Waals surface area (Å²) in [6.45, 7) is 0. The number of benzene rings is 1. The minimum Gasteiger partial charge on any atom is -0.389 e. The van der Waals surface area contributed by atoms with Gasteiger partial charge in [-0.1, -0.05) is 31.5 Å². The Morgan fingerprint density at radius 2 is 2.00 bits per heavy atom. The third-order valence-electron chi connectivity index (χ3n) is 3.31. The Hall–Kier alpha value is -0.680. The number of hydrogen-bond donors (Lipinski definition) is 2. The Kier molecular flexibility index (Phi) is 4.56. The minimum atomic E-state index is -0.314. The first kappa shape index (κ1) is 13.7. The number of hydrogen-bond acceptors (Lipinski definition) is 2. The number of nitrogens with two attached hydrogens (primary N) is 1. The number of thiocarbonyl (C=S) groups is 1. The maximum Gasteiger partial charge on any atom is 0.161 e. The molecule has 0 aliphatic heterocycles. The molecule has 1 aliphatic rings. The van der Waals surface area contributed by atoms with Crippen molar-refractivity contribution in [2.45, 2.75) is 38.1 Å². The molecule has 5 heteroatoms. The zero-order valence-corrected chi connectivity index (χ0v) is 12.4. The van der Waals surface area contributed by atoms with E-state index in [4.69, 9.17) is 18.0 Å². The largest absolute Gasteiger partial charge is 0.389 e. The van der Waals surface area contributed by atoms with Gasteiger partial charge in [-0.25, -0.2) is 4.39 Å². The summed E-state index contributed by atoms with van der Waals surface area (Å²) in [6.07, 6.45) is 5.92. The fraction of sp³-hybridized carbons (Fsp3) is 0.462. The van der Waals surface area contributed by atoms with Crippen LogP contribution in [0.3, 0.4) is 0 Å². The van der Waals surface area contributed by atoms with Crippen molar-refractivity contribution < 1.29 is 4.39 Å². The standard InChI is InChI=1S/C13H16BrFN2S/c14-11-9(13(16)18)6-7-10(12(11)15)17-8-4-2-1-3-5-8/h6-8,17H,1-5H2,(H2,16,18). The SMILES string of the molecule is NC(=S)c1ccc(NC2CCCCC2)c(F)c1Br. The van der Waals surface area contributed by atoms with Crippen LogP contribution < -0.4 is 11.1 Å². The molecular weight excluding hydrogens is 315 g/mol. The normalized spacial score (nSPS) is 16.6. The van der Waals surface area contributed by atoms with E-state index in [0.717, 1.165) is 12.8 Å². The lowest BCUT2D eigenvalue weighted by atomic mass is 9.95. The molecule has 18 heavy (non-hydrogen) atoms. The average molecular weight is 331 g/mol. The molecule has 3 N–H and O–H groups in total. The Bertz CT molecular complexity index is 459. The summed E-state index contributed by atoms with van der Waals surface area (Å²) < 4.78 is 14.5. The van der Waals surface area contributed by atoms with Gasteiger partial charge in [-0.2, -0.15) is 0 Å². The third-order valence-corrected chi connectivity index (χ3v) is 4.31. The highest BCUT2D eigenvalue weighted by atomic mass is 79.9. The van der Waals surface area contributed by atoms with Gasteiger partial charge in [-0.3, -0.25) is 0 Å². The summed E-state index contributed by atoms with van der Waals surface area (Å²) in [6, 6.07) is 3.83. The third kappa shape index (κ3) is 3.01. The van der Waals surface area contributed by atoms with Crippen LogP contribution >= 0.6 is 28.1 Å². The van der Waals surface area contributed by atoms with Crippen molar-refractivity contribution in [3.8, 4) is 0 Å². The first-order valence-corrected chi connectivity index (χ1v) is 7.34. The molecule has 98 valence electrons. The molecular formula is C13H16BrFN2S. The molecule has 2 nitrogen and oxygen atoms in total. The molecule has 0 aromatic heterocycles. The lowest BCUT2D eigenvalue weighted by molar-refractivity contribution is 0.460. The Morgan fingerprint density at radius 1 is 1.33 bits per heavy atom. The van der Waals surface area contributed by atoms with Crippen LogP contribution in [0.2, 0.25) is 0 Å². The summed E-state index contributed by atoms with van der Waals surface area (Å²) in [5.74, 6) is -0.314. The highest BCUT2D eigenvalue weighted by Gasteiger charge is 2.17. The van der Waals surface area contributed by atoms with Crippen LogP contribution in [0, 0.1) is 5.82 Å². The summed E-state index contributed by atoms with van der Waals surface area (Å²) in [5.41, 5.74) is 6.59. The first-order chi connectivity index (χ1) is 8.59. The molecule has 0 radical (unpaired) electrons. The van der Waals surface area contributed by atoms with Gasteiger partial charge in [0.1, 0.15) is 4.99 Å². The predicted octanol–water partition coefficient (Wildman–Crippen LogP) is 3.97. The van der Waals surface area contributed by atoms with Gasteiger partial charge in [0.15, 0.2) is 5.82 Å². The molecule has 1 fully saturated rings. The monoisotopic (exact) mass is 330 g/mol. The van der Waals surface area contributed by atoms with E-state index in [0.29, 0.717) is 21.8 Å². The second-order valence-electron chi connectivity index (χ2n) is 4.63. The van der Waals surface area contributed by atoms with E-state index in [1.807, 2.05) is 0 Å². The minimum absolute atomic E-state index is 0.199. The molecule has 1 saturated carbocycles. The number of anilines is 1. The highest BCUT2D eigenvalue weighted by molar-refractivity contribution is 9.10. The Labute approximate surface area is 120 Å². The van der Waals surface area contributed by atoms with Gasteiger partial charge < -0.3 is 11.1 Å². The van der Waals surface area contributed by atoms with Gasteiger partial charge in [-0.15, -0.1) is 0 Å². The summed E-state index contributed by atoms with van der Waals surface area (Å²) in [5, 5.41) is 3.27. The fourth-order valence-corrected chi connectivity index (χ4v) is 3.18. The molecule has 1 aromatic carbocycles. The average Bonchev–Trinajstić information content (AvgIpc) is 2.36. The maximum atomic E-state index is 14.2. The zero-order valence-electron chi connectivity index (χ0n) is 10.0. The molecule has 0 heterocycles. The molecule has 0 bridgehead atoms. The van der Waals surface area contributed by atoms with Crippen LogP contribution in [0.5, 0.6) is 0 Å². The molecule has 0 spiro atoms. The first-order valence-electron chi connectivity index (χ1n) is 6.14. The molecule has 1 aromatic rings. The Morgan fingerprint density at radius 3 is 2.61 bits per heavy atom.